The molecule has 0 radical (unpaired) electrons. The first kappa shape index (κ1) is 13.4. The summed E-state index contributed by atoms with van der Waals surface area (Å²) in [4.78, 5) is 13.2. The summed E-state index contributed by atoms with van der Waals surface area (Å²) in [5, 5.41) is 4.54. The molecular weight excluding hydrogens is 250 g/mol. The third-order valence-corrected chi connectivity index (χ3v) is 3.90. The van der Waals surface area contributed by atoms with E-state index in [1.54, 1.807) is 5.38 Å². The van der Waals surface area contributed by atoms with E-state index >= 15 is 0 Å². The van der Waals surface area contributed by atoms with Gasteiger partial charge in [-0.25, -0.2) is 13.1 Å². The van der Waals surface area contributed by atoms with Gasteiger partial charge >= 0.3 is 4.87 Å². The second kappa shape index (κ2) is 6.14. The molecule has 0 aromatic carbocycles. The lowest BCUT2D eigenvalue weighted by atomic mass is 10.5. The Morgan fingerprint density at radius 1 is 1.50 bits per heavy atom. The Balaban J connectivity index is 2.39. The van der Waals surface area contributed by atoms with E-state index in [1.807, 2.05) is 6.92 Å². The van der Waals surface area contributed by atoms with Crippen LogP contribution in [-0.2, 0) is 16.6 Å². The van der Waals surface area contributed by atoms with Gasteiger partial charge in [-0.3, -0.25) is 4.79 Å². The van der Waals surface area contributed by atoms with Crippen molar-refractivity contribution in [2.75, 3.05) is 18.8 Å². The maximum absolute atomic E-state index is 11.4. The molecule has 0 unspecified atom stereocenters. The van der Waals surface area contributed by atoms with Crippen LogP contribution in [0, 0.1) is 0 Å². The van der Waals surface area contributed by atoms with Crippen LogP contribution in [-0.4, -0.2) is 32.2 Å². The van der Waals surface area contributed by atoms with Crippen molar-refractivity contribution < 1.29 is 8.42 Å². The Kier molecular flexibility index (Phi) is 5.13. The fourth-order valence-corrected chi connectivity index (χ4v) is 2.56. The molecule has 92 valence electrons. The molecule has 0 saturated heterocycles. The predicted octanol–water partition coefficient (Wildman–Crippen LogP) is -0.535. The van der Waals surface area contributed by atoms with E-state index in [0.717, 1.165) is 17.9 Å². The predicted molar refractivity (Wildman–Crippen MR) is 64.1 cm³/mol. The van der Waals surface area contributed by atoms with Crippen molar-refractivity contribution in [3.05, 3.63) is 20.7 Å². The molecular formula is C8H15N3O3S2. The number of aromatic nitrogens is 1. The minimum absolute atomic E-state index is 0.0369. The second-order valence-electron chi connectivity index (χ2n) is 3.17. The summed E-state index contributed by atoms with van der Waals surface area (Å²) in [7, 11) is -3.27. The quantitative estimate of drug-likeness (QED) is 0.578. The molecule has 0 bridgehead atoms. The van der Waals surface area contributed by atoms with E-state index in [4.69, 9.17) is 0 Å². The SMILES string of the molecule is CCNCCS(=O)(=O)NCc1csc(=O)[nH]1. The Labute approximate surface area is 98.1 Å². The summed E-state index contributed by atoms with van der Waals surface area (Å²) in [6.07, 6.45) is 0. The van der Waals surface area contributed by atoms with Gasteiger partial charge in [0.05, 0.1) is 12.3 Å². The summed E-state index contributed by atoms with van der Waals surface area (Å²) >= 11 is 1.02. The van der Waals surface area contributed by atoms with Crippen LogP contribution < -0.4 is 14.9 Å². The highest BCUT2D eigenvalue weighted by Crippen LogP contribution is 1.96. The van der Waals surface area contributed by atoms with Crippen molar-refractivity contribution in [3.63, 3.8) is 0 Å². The van der Waals surface area contributed by atoms with Crippen LogP contribution in [0.2, 0.25) is 0 Å². The first-order valence-corrected chi connectivity index (χ1v) is 7.41. The van der Waals surface area contributed by atoms with Crippen LogP contribution in [0.5, 0.6) is 0 Å². The molecule has 0 aliphatic rings. The van der Waals surface area contributed by atoms with Crippen LogP contribution in [0.25, 0.3) is 0 Å². The number of thiazole rings is 1. The molecule has 1 rings (SSSR count). The molecule has 1 heterocycles. The number of hydrogen-bond acceptors (Lipinski definition) is 5. The summed E-state index contributed by atoms with van der Waals surface area (Å²) in [6.45, 7) is 3.21. The van der Waals surface area contributed by atoms with E-state index < -0.39 is 10.0 Å². The number of rotatable bonds is 7. The van der Waals surface area contributed by atoms with Gasteiger partial charge in [0.2, 0.25) is 10.0 Å². The maximum Gasteiger partial charge on any atom is 0.304 e. The monoisotopic (exact) mass is 265 g/mol. The minimum atomic E-state index is -3.27. The zero-order valence-electron chi connectivity index (χ0n) is 8.95. The highest BCUT2D eigenvalue weighted by Gasteiger charge is 2.09. The molecule has 0 spiro atoms. The van der Waals surface area contributed by atoms with Gasteiger partial charge in [0.1, 0.15) is 0 Å². The molecule has 0 amide bonds. The average molecular weight is 265 g/mol. The number of nitrogens with one attached hydrogen (secondary N) is 3. The van der Waals surface area contributed by atoms with Crippen LogP contribution >= 0.6 is 11.3 Å². The largest absolute Gasteiger partial charge is 0.316 e. The van der Waals surface area contributed by atoms with Crippen LogP contribution in [0.4, 0.5) is 0 Å². The summed E-state index contributed by atoms with van der Waals surface area (Å²) in [5.74, 6) is 0.0369. The Hall–Kier alpha value is -0.700. The number of H-pyrrole nitrogens is 1. The van der Waals surface area contributed by atoms with E-state index in [0.29, 0.717) is 12.2 Å². The van der Waals surface area contributed by atoms with Crippen LogP contribution in [0.15, 0.2) is 10.2 Å². The lowest BCUT2D eigenvalue weighted by Crippen LogP contribution is -2.31. The summed E-state index contributed by atoms with van der Waals surface area (Å²) in [6, 6.07) is 0. The van der Waals surface area contributed by atoms with Crippen molar-refractivity contribution >= 4 is 21.4 Å². The number of hydrogen-bond donors (Lipinski definition) is 3. The number of sulfonamides is 1. The molecule has 0 atom stereocenters. The second-order valence-corrected chi connectivity index (χ2v) is 5.94. The topological polar surface area (TPSA) is 91.1 Å². The lowest BCUT2D eigenvalue weighted by molar-refractivity contribution is 0.576. The molecule has 1 aromatic heterocycles. The Morgan fingerprint density at radius 2 is 2.25 bits per heavy atom. The van der Waals surface area contributed by atoms with Crippen molar-refractivity contribution in [2.24, 2.45) is 0 Å². The van der Waals surface area contributed by atoms with Crippen LogP contribution in [0.1, 0.15) is 12.6 Å². The van der Waals surface area contributed by atoms with Gasteiger partial charge < -0.3 is 10.3 Å². The maximum atomic E-state index is 11.4. The fourth-order valence-electron chi connectivity index (χ4n) is 1.04. The van der Waals surface area contributed by atoms with Crippen molar-refractivity contribution in [3.8, 4) is 0 Å². The van der Waals surface area contributed by atoms with Gasteiger partial charge in [-0.15, -0.1) is 0 Å². The van der Waals surface area contributed by atoms with Crippen molar-refractivity contribution in [1.82, 2.24) is 15.0 Å². The molecule has 6 nitrogen and oxygen atoms in total. The molecule has 8 heteroatoms. The first-order valence-electron chi connectivity index (χ1n) is 4.88. The standard InChI is InChI=1S/C8H15N3O3S2/c1-2-9-3-4-16(13,14)10-5-7-6-15-8(12)11-7/h6,9-10H,2-5H2,1H3,(H,11,12). The molecule has 0 aliphatic carbocycles. The lowest BCUT2D eigenvalue weighted by Gasteiger charge is -2.05. The van der Waals surface area contributed by atoms with Gasteiger partial charge in [-0.05, 0) is 6.54 Å². The van der Waals surface area contributed by atoms with Gasteiger partial charge in [-0.1, -0.05) is 18.3 Å². The van der Waals surface area contributed by atoms with E-state index in [2.05, 4.69) is 15.0 Å². The molecule has 0 aliphatic heterocycles. The third-order valence-electron chi connectivity index (χ3n) is 1.85. The average Bonchev–Trinajstić information content (AvgIpc) is 2.62. The first-order chi connectivity index (χ1) is 7.53. The highest BCUT2D eigenvalue weighted by molar-refractivity contribution is 7.89. The molecule has 3 N–H and O–H groups in total. The smallest absolute Gasteiger partial charge is 0.304 e. The van der Waals surface area contributed by atoms with E-state index in [9.17, 15) is 13.2 Å². The fraction of sp³-hybridized carbons (Fsp3) is 0.625. The highest BCUT2D eigenvalue weighted by atomic mass is 32.2. The van der Waals surface area contributed by atoms with Gasteiger partial charge in [-0.2, -0.15) is 0 Å². The number of aromatic amines is 1. The Bertz CT molecular complexity index is 463. The molecule has 0 saturated carbocycles. The normalized spacial score (nSPS) is 11.8. The zero-order chi connectivity index (χ0) is 12.0. The minimum Gasteiger partial charge on any atom is -0.316 e. The van der Waals surface area contributed by atoms with E-state index in [-0.39, 0.29) is 17.2 Å². The Morgan fingerprint density at radius 3 is 2.81 bits per heavy atom. The van der Waals surface area contributed by atoms with Gasteiger partial charge in [0.25, 0.3) is 0 Å². The molecule has 0 fully saturated rings. The zero-order valence-corrected chi connectivity index (χ0v) is 10.6. The molecule has 16 heavy (non-hydrogen) atoms. The van der Waals surface area contributed by atoms with E-state index in [1.165, 1.54) is 0 Å². The summed E-state index contributed by atoms with van der Waals surface area (Å²) < 4.78 is 25.3. The van der Waals surface area contributed by atoms with Crippen LogP contribution in [0.3, 0.4) is 0 Å². The molecule has 1 aromatic rings. The third kappa shape index (κ3) is 4.88. The van der Waals surface area contributed by atoms with Gasteiger partial charge in [0, 0.05) is 17.6 Å². The van der Waals surface area contributed by atoms with Crippen molar-refractivity contribution in [1.29, 1.82) is 0 Å². The van der Waals surface area contributed by atoms with Gasteiger partial charge in [0.15, 0.2) is 0 Å². The van der Waals surface area contributed by atoms with Crippen molar-refractivity contribution in [2.45, 2.75) is 13.5 Å². The summed E-state index contributed by atoms with van der Waals surface area (Å²) in [5.41, 5.74) is 0.585.